The van der Waals surface area contributed by atoms with Crippen LogP contribution in [0.5, 0.6) is 0 Å². The molecule has 27 heavy (non-hydrogen) atoms. The molecule has 0 saturated carbocycles. The van der Waals surface area contributed by atoms with Gasteiger partial charge in [-0.05, 0) is 29.7 Å². The number of benzene rings is 2. The highest BCUT2D eigenvalue weighted by atomic mass is 35.5. The predicted octanol–water partition coefficient (Wildman–Crippen LogP) is 4.13. The van der Waals surface area contributed by atoms with Gasteiger partial charge in [0.2, 0.25) is 11.8 Å². The third-order valence-electron chi connectivity index (χ3n) is 4.24. The van der Waals surface area contributed by atoms with Gasteiger partial charge in [-0.25, -0.2) is 0 Å². The zero-order chi connectivity index (χ0) is 19.6. The van der Waals surface area contributed by atoms with Crippen molar-refractivity contribution in [2.45, 2.75) is 31.7 Å². The maximum atomic E-state index is 12.9. The van der Waals surface area contributed by atoms with Gasteiger partial charge >= 0.3 is 0 Å². The molecule has 0 aromatic heterocycles. The normalized spacial score (nSPS) is 11.7. The molecule has 1 atom stereocenters. The lowest BCUT2D eigenvalue weighted by molar-refractivity contribution is -0.139. The Morgan fingerprint density at radius 2 is 1.74 bits per heavy atom. The van der Waals surface area contributed by atoms with Gasteiger partial charge in [0.15, 0.2) is 0 Å². The molecular weight excluding hydrogens is 380 g/mol. The molecule has 2 rings (SSSR count). The Bertz CT molecular complexity index is 738. The molecule has 0 bridgehead atoms. The van der Waals surface area contributed by atoms with Gasteiger partial charge in [0.05, 0.1) is 5.75 Å². The fourth-order valence-corrected chi connectivity index (χ4v) is 3.78. The topological polar surface area (TPSA) is 49.4 Å². The van der Waals surface area contributed by atoms with Crippen molar-refractivity contribution in [3.63, 3.8) is 0 Å². The van der Waals surface area contributed by atoms with Crippen molar-refractivity contribution in [2.75, 3.05) is 12.8 Å². The van der Waals surface area contributed by atoms with Crippen LogP contribution in [-0.4, -0.2) is 35.6 Å². The number of amides is 2. The summed E-state index contributed by atoms with van der Waals surface area (Å²) in [4.78, 5) is 26.9. The Kier molecular flexibility index (Phi) is 8.69. The van der Waals surface area contributed by atoms with E-state index in [1.807, 2.05) is 61.5 Å². The zero-order valence-electron chi connectivity index (χ0n) is 15.7. The first-order valence-corrected chi connectivity index (χ1v) is 10.5. The summed E-state index contributed by atoms with van der Waals surface area (Å²) in [6, 6.07) is 16.9. The van der Waals surface area contributed by atoms with Crippen molar-refractivity contribution < 1.29 is 9.59 Å². The first-order valence-electron chi connectivity index (χ1n) is 8.92. The Morgan fingerprint density at radius 1 is 1.07 bits per heavy atom. The number of nitrogens with one attached hydrogen (secondary N) is 1. The molecule has 144 valence electrons. The molecule has 6 heteroatoms. The van der Waals surface area contributed by atoms with Crippen molar-refractivity contribution in [1.29, 1.82) is 0 Å². The van der Waals surface area contributed by atoms with Crippen LogP contribution in [0.4, 0.5) is 0 Å². The van der Waals surface area contributed by atoms with Gasteiger partial charge in [-0.2, -0.15) is 0 Å². The summed E-state index contributed by atoms with van der Waals surface area (Å²) in [5.74, 6) is 0.875. The Morgan fingerprint density at radius 3 is 2.33 bits per heavy atom. The number of hydrogen-bond acceptors (Lipinski definition) is 3. The molecule has 2 aromatic carbocycles. The molecule has 0 aliphatic heterocycles. The molecule has 0 aliphatic rings. The van der Waals surface area contributed by atoms with Gasteiger partial charge < -0.3 is 10.2 Å². The predicted molar refractivity (Wildman–Crippen MR) is 113 cm³/mol. The number of carbonyl (C=O) groups is 2. The van der Waals surface area contributed by atoms with Crippen LogP contribution in [0.3, 0.4) is 0 Å². The maximum Gasteiger partial charge on any atom is 0.242 e. The zero-order valence-corrected chi connectivity index (χ0v) is 17.2. The van der Waals surface area contributed by atoms with Gasteiger partial charge in [-0.3, -0.25) is 9.59 Å². The second kappa shape index (κ2) is 11.0. The van der Waals surface area contributed by atoms with Crippen LogP contribution in [0, 0.1) is 0 Å². The van der Waals surface area contributed by atoms with E-state index >= 15 is 0 Å². The van der Waals surface area contributed by atoms with E-state index in [0.29, 0.717) is 23.7 Å². The number of likely N-dealkylation sites (N-methyl/N-ethyl adjacent to an activating group) is 1. The molecule has 1 N–H and O–H groups in total. The van der Waals surface area contributed by atoms with Crippen molar-refractivity contribution in [2.24, 2.45) is 0 Å². The summed E-state index contributed by atoms with van der Waals surface area (Å²) in [5, 5.41) is 3.37. The fraction of sp³-hybridized carbons (Fsp3) is 0.333. The van der Waals surface area contributed by atoms with Crippen LogP contribution in [-0.2, 0) is 21.9 Å². The molecule has 0 fully saturated rings. The lowest BCUT2D eigenvalue weighted by atomic mass is 10.1. The third kappa shape index (κ3) is 6.60. The largest absolute Gasteiger partial charge is 0.357 e. The molecule has 2 amide bonds. The highest BCUT2D eigenvalue weighted by molar-refractivity contribution is 7.99. The molecule has 4 nitrogen and oxygen atoms in total. The van der Waals surface area contributed by atoms with Crippen LogP contribution >= 0.6 is 23.4 Å². The Labute approximate surface area is 170 Å². The molecule has 0 radical (unpaired) electrons. The van der Waals surface area contributed by atoms with Gasteiger partial charge in [0.25, 0.3) is 0 Å². The molecule has 0 unspecified atom stereocenters. The van der Waals surface area contributed by atoms with Crippen molar-refractivity contribution in [3.8, 4) is 0 Å². The SMILES string of the molecule is CC[C@@H](C(=O)NC)N(Cc1ccccc1)C(=O)CSCc1ccc(Cl)cc1. The average Bonchev–Trinajstić information content (AvgIpc) is 2.69. The van der Waals surface area contributed by atoms with E-state index in [-0.39, 0.29) is 11.8 Å². The van der Waals surface area contributed by atoms with E-state index in [4.69, 9.17) is 11.6 Å². The van der Waals surface area contributed by atoms with Crippen LogP contribution in [0.1, 0.15) is 24.5 Å². The Balaban J connectivity index is 2.05. The summed E-state index contributed by atoms with van der Waals surface area (Å²) in [6.45, 7) is 2.35. The number of thioether (sulfide) groups is 1. The second-order valence-electron chi connectivity index (χ2n) is 6.16. The van der Waals surface area contributed by atoms with Gasteiger partial charge in [0.1, 0.15) is 6.04 Å². The van der Waals surface area contributed by atoms with Gasteiger partial charge in [-0.1, -0.05) is 61.0 Å². The third-order valence-corrected chi connectivity index (χ3v) is 5.48. The van der Waals surface area contributed by atoms with Gasteiger partial charge in [-0.15, -0.1) is 11.8 Å². The average molecular weight is 405 g/mol. The summed E-state index contributed by atoms with van der Waals surface area (Å²) >= 11 is 7.44. The molecule has 0 heterocycles. The summed E-state index contributed by atoms with van der Waals surface area (Å²) < 4.78 is 0. The number of halogens is 1. The minimum absolute atomic E-state index is 0.0340. The quantitative estimate of drug-likeness (QED) is 0.683. The van der Waals surface area contributed by atoms with Crippen molar-refractivity contribution in [3.05, 3.63) is 70.7 Å². The first-order chi connectivity index (χ1) is 13.0. The van der Waals surface area contributed by atoms with E-state index in [1.54, 1.807) is 23.7 Å². The van der Waals surface area contributed by atoms with E-state index in [9.17, 15) is 9.59 Å². The number of hydrogen-bond donors (Lipinski definition) is 1. The van der Waals surface area contributed by atoms with Crippen molar-refractivity contribution in [1.82, 2.24) is 10.2 Å². The van der Waals surface area contributed by atoms with E-state index in [1.165, 1.54) is 0 Å². The Hall–Kier alpha value is -1.98. The lowest BCUT2D eigenvalue weighted by Gasteiger charge is -2.30. The lowest BCUT2D eigenvalue weighted by Crippen LogP contribution is -2.48. The van der Waals surface area contributed by atoms with E-state index < -0.39 is 6.04 Å². The fourth-order valence-electron chi connectivity index (χ4n) is 2.79. The van der Waals surface area contributed by atoms with Crippen LogP contribution in [0.15, 0.2) is 54.6 Å². The highest BCUT2D eigenvalue weighted by Crippen LogP contribution is 2.18. The first kappa shape index (κ1) is 21.3. The van der Waals surface area contributed by atoms with E-state index in [0.717, 1.165) is 16.9 Å². The molecular formula is C21H25ClN2O2S. The summed E-state index contributed by atoms with van der Waals surface area (Å²) in [7, 11) is 1.60. The standard InChI is InChI=1S/C21H25ClN2O2S/c1-3-19(21(26)23-2)24(13-16-7-5-4-6-8-16)20(25)15-27-14-17-9-11-18(22)12-10-17/h4-12,19H,3,13-15H2,1-2H3,(H,23,26)/t19-/m0/s1. The molecule has 2 aromatic rings. The minimum Gasteiger partial charge on any atom is -0.357 e. The van der Waals surface area contributed by atoms with Crippen LogP contribution < -0.4 is 5.32 Å². The van der Waals surface area contributed by atoms with Crippen LogP contribution in [0.2, 0.25) is 5.02 Å². The highest BCUT2D eigenvalue weighted by Gasteiger charge is 2.27. The number of nitrogens with zero attached hydrogens (tertiary/aromatic N) is 1. The van der Waals surface area contributed by atoms with Crippen LogP contribution in [0.25, 0.3) is 0 Å². The molecule has 0 spiro atoms. The maximum absolute atomic E-state index is 12.9. The summed E-state index contributed by atoms with van der Waals surface area (Å²) in [5.41, 5.74) is 2.13. The monoisotopic (exact) mass is 404 g/mol. The number of rotatable bonds is 9. The second-order valence-corrected chi connectivity index (χ2v) is 7.59. The molecule has 0 saturated heterocycles. The number of carbonyl (C=O) groups excluding carboxylic acids is 2. The van der Waals surface area contributed by atoms with E-state index in [2.05, 4.69) is 5.32 Å². The van der Waals surface area contributed by atoms with Crippen molar-refractivity contribution >= 4 is 35.2 Å². The van der Waals surface area contributed by atoms with Gasteiger partial charge in [0, 0.05) is 24.4 Å². The minimum atomic E-state index is -0.473. The smallest absolute Gasteiger partial charge is 0.242 e. The summed E-state index contributed by atoms with van der Waals surface area (Å²) in [6.07, 6.45) is 0.570. The molecule has 0 aliphatic carbocycles.